The second-order valence-corrected chi connectivity index (χ2v) is 8.08. The van der Waals surface area contributed by atoms with Gasteiger partial charge in [0.1, 0.15) is 0 Å². The van der Waals surface area contributed by atoms with Gasteiger partial charge in [-0.25, -0.2) is 4.98 Å². The van der Waals surface area contributed by atoms with E-state index in [-0.39, 0.29) is 5.41 Å². The van der Waals surface area contributed by atoms with Gasteiger partial charge in [0.05, 0.1) is 5.69 Å². The molecule has 1 unspecified atom stereocenters. The highest BCUT2D eigenvalue weighted by Gasteiger charge is 2.25. The van der Waals surface area contributed by atoms with Crippen LogP contribution in [-0.2, 0) is 12.0 Å². The highest BCUT2D eigenvalue weighted by Crippen LogP contribution is 2.33. The monoisotopic (exact) mass is 296 g/mol. The van der Waals surface area contributed by atoms with Crippen LogP contribution < -0.4 is 10.6 Å². The molecule has 1 aromatic heterocycles. The quantitative estimate of drug-likeness (QED) is 0.926. The second-order valence-electron chi connectivity index (χ2n) is 7.02. The highest BCUT2D eigenvalue weighted by molar-refractivity contribution is 7.15. The molecule has 1 aromatic rings. The molecule has 5 heteroatoms. The molecule has 2 rings (SSSR count). The third-order valence-electron chi connectivity index (χ3n) is 3.93. The highest BCUT2D eigenvalue weighted by atomic mass is 32.1. The Labute approximate surface area is 127 Å². The minimum atomic E-state index is 0.0673. The molecule has 0 bridgehead atoms. The number of aromatic nitrogens is 1. The van der Waals surface area contributed by atoms with Crippen LogP contribution in [0, 0.1) is 5.92 Å². The first-order valence-corrected chi connectivity index (χ1v) is 8.23. The summed E-state index contributed by atoms with van der Waals surface area (Å²) in [6.45, 7) is 10.7. The lowest BCUT2D eigenvalue weighted by atomic mass is 9.91. The fourth-order valence-electron chi connectivity index (χ4n) is 2.87. The molecule has 1 saturated heterocycles. The van der Waals surface area contributed by atoms with Crippen LogP contribution >= 0.6 is 11.3 Å². The Kier molecular flexibility index (Phi) is 4.72. The predicted molar refractivity (Wildman–Crippen MR) is 87.6 cm³/mol. The van der Waals surface area contributed by atoms with Crippen molar-refractivity contribution in [2.75, 3.05) is 38.6 Å². The van der Waals surface area contributed by atoms with Crippen LogP contribution in [0.5, 0.6) is 0 Å². The molecule has 20 heavy (non-hydrogen) atoms. The van der Waals surface area contributed by atoms with Gasteiger partial charge in [0.2, 0.25) is 0 Å². The van der Waals surface area contributed by atoms with Gasteiger partial charge >= 0.3 is 0 Å². The molecule has 4 nitrogen and oxygen atoms in total. The van der Waals surface area contributed by atoms with Crippen molar-refractivity contribution in [3.05, 3.63) is 10.6 Å². The summed E-state index contributed by atoms with van der Waals surface area (Å²) in [5.41, 5.74) is 7.12. The zero-order valence-corrected chi connectivity index (χ0v) is 14.3. The summed E-state index contributed by atoms with van der Waals surface area (Å²) in [7, 11) is 4.36. The predicted octanol–water partition coefficient (Wildman–Crippen LogP) is 2.29. The molecule has 1 aliphatic rings. The molecule has 0 saturated carbocycles. The third-order valence-corrected chi connectivity index (χ3v) is 5.12. The van der Waals surface area contributed by atoms with Crippen molar-refractivity contribution in [2.45, 2.75) is 39.2 Å². The first kappa shape index (κ1) is 15.7. The van der Waals surface area contributed by atoms with Gasteiger partial charge in [0.25, 0.3) is 0 Å². The van der Waals surface area contributed by atoms with E-state index < -0.39 is 0 Å². The number of nitrogens with two attached hydrogens (primary N) is 1. The molecule has 0 amide bonds. The summed E-state index contributed by atoms with van der Waals surface area (Å²) in [4.78, 5) is 10.8. The van der Waals surface area contributed by atoms with Crippen molar-refractivity contribution in [1.82, 2.24) is 9.88 Å². The normalized spacial score (nSPS) is 20.6. The lowest BCUT2D eigenvalue weighted by Crippen LogP contribution is -2.27. The van der Waals surface area contributed by atoms with Crippen molar-refractivity contribution in [1.29, 1.82) is 0 Å². The minimum Gasteiger partial charge on any atom is -0.351 e. The molecule has 0 aromatic carbocycles. The van der Waals surface area contributed by atoms with E-state index in [9.17, 15) is 0 Å². The van der Waals surface area contributed by atoms with Crippen LogP contribution in [0.1, 0.15) is 37.8 Å². The molecule has 0 radical (unpaired) electrons. The van der Waals surface area contributed by atoms with Crippen molar-refractivity contribution in [2.24, 2.45) is 11.7 Å². The average molecular weight is 296 g/mol. The maximum absolute atomic E-state index is 5.89. The Balaban J connectivity index is 2.10. The van der Waals surface area contributed by atoms with Crippen LogP contribution in [0.3, 0.4) is 0 Å². The lowest BCUT2D eigenvalue weighted by Gasteiger charge is -2.21. The molecule has 2 N–H and O–H groups in total. The summed E-state index contributed by atoms with van der Waals surface area (Å²) in [6, 6.07) is 0. The molecule has 1 aliphatic heterocycles. The van der Waals surface area contributed by atoms with Crippen LogP contribution in [-0.4, -0.2) is 43.6 Å². The van der Waals surface area contributed by atoms with Crippen LogP contribution in [0.25, 0.3) is 0 Å². The molecular formula is C15H28N4S. The Morgan fingerprint density at radius 2 is 2.15 bits per heavy atom. The number of hydrogen-bond acceptors (Lipinski definition) is 5. The summed E-state index contributed by atoms with van der Waals surface area (Å²) in [6.07, 6.45) is 1.29. The Bertz CT molecular complexity index is 449. The smallest absolute Gasteiger partial charge is 0.185 e. The van der Waals surface area contributed by atoms with Crippen molar-refractivity contribution < 1.29 is 0 Å². The topological polar surface area (TPSA) is 45.4 Å². The number of anilines is 1. The van der Waals surface area contributed by atoms with Gasteiger partial charge in [0.15, 0.2) is 5.13 Å². The SMILES string of the molecule is CN1CCC(CN(C)c2nc(C(C)(C)C)c(CN)s2)C1. The van der Waals surface area contributed by atoms with Crippen LogP contribution in [0.2, 0.25) is 0 Å². The number of thiazole rings is 1. The van der Waals surface area contributed by atoms with Crippen molar-refractivity contribution in [3.63, 3.8) is 0 Å². The van der Waals surface area contributed by atoms with E-state index in [1.54, 1.807) is 11.3 Å². The van der Waals surface area contributed by atoms with Gasteiger partial charge in [-0.05, 0) is 25.9 Å². The minimum absolute atomic E-state index is 0.0673. The average Bonchev–Trinajstić information content (AvgIpc) is 2.94. The largest absolute Gasteiger partial charge is 0.351 e. The number of hydrogen-bond donors (Lipinski definition) is 1. The summed E-state index contributed by atoms with van der Waals surface area (Å²) >= 11 is 1.75. The van der Waals surface area contributed by atoms with Crippen molar-refractivity contribution >= 4 is 16.5 Å². The Hall–Kier alpha value is -0.650. The van der Waals surface area contributed by atoms with E-state index in [1.807, 2.05) is 0 Å². The first-order valence-electron chi connectivity index (χ1n) is 7.41. The number of rotatable bonds is 4. The third kappa shape index (κ3) is 3.51. The summed E-state index contributed by atoms with van der Waals surface area (Å²) < 4.78 is 0. The van der Waals surface area contributed by atoms with Gasteiger partial charge in [-0.15, -0.1) is 11.3 Å². The Morgan fingerprint density at radius 3 is 2.60 bits per heavy atom. The summed E-state index contributed by atoms with van der Waals surface area (Å²) in [5.74, 6) is 0.758. The molecule has 0 aliphatic carbocycles. The van der Waals surface area contributed by atoms with Crippen LogP contribution in [0.15, 0.2) is 0 Å². The van der Waals surface area contributed by atoms with E-state index in [2.05, 4.69) is 44.7 Å². The fraction of sp³-hybridized carbons (Fsp3) is 0.800. The fourth-order valence-corrected chi connectivity index (χ4v) is 3.99. The second kappa shape index (κ2) is 6.00. The molecular weight excluding hydrogens is 268 g/mol. The zero-order valence-electron chi connectivity index (χ0n) is 13.4. The standard InChI is InChI=1S/C15H28N4S/c1-15(2,3)13-12(8-16)20-14(17-13)19(5)10-11-6-7-18(4)9-11/h11H,6-10,16H2,1-5H3. The van der Waals surface area contributed by atoms with E-state index in [1.165, 1.54) is 24.4 Å². The van der Waals surface area contributed by atoms with E-state index in [4.69, 9.17) is 10.7 Å². The van der Waals surface area contributed by atoms with E-state index >= 15 is 0 Å². The van der Waals surface area contributed by atoms with Gasteiger partial charge in [-0.1, -0.05) is 20.8 Å². The molecule has 2 heterocycles. The van der Waals surface area contributed by atoms with Gasteiger partial charge in [0, 0.05) is 37.0 Å². The maximum Gasteiger partial charge on any atom is 0.185 e. The van der Waals surface area contributed by atoms with Gasteiger partial charge < -0.3 is 15.5 Å². The van der Waals surface area contributed by atoms with Gasteiger partial charge in [-0.2, -0.15) is 0 Å². The molecule has 114 valence electrons. The molecule has 1 fully saturated rings. The first-order chi connectivity index (χ1) is 9.31. The lowest BCUT2D eigenvalue weighted by molar-refractivity contribution is 0.396. The summed E-state index contributed by atoms with van der Waals surface area (Å²) in [5, 5.41) is 1.12. The van der Waals surface area contributed by atoms with E-state index in [0.29, 0.717) is 6.54 Å². The maximum atomic E-state index is 5.89. The Morgan fingerprint density at radius 1 is 1.45 bits per heavy atom. The molecule has 1 atom stereocenters. The van der Waals surface area contributed by atoms with Crippen LogP contribution in [0.4, 0.5) is 5.13 Å². The van der Waals surface area contributed by atoms with Crippen molar-refractivity contribution in [3.8, 4) is 0 Å². The van der Waals surface area contributed by atoms with Gasteiger partial charge in [-0.3, -0.25) is 0 Å². The number of nitrogens with zero attached hydrogens (tertiary/aromatic N) is 3. The zero-order chi connectivity index (χ0) is 14.9. The number of likely N-dealkylation sites (tertiary alicyclic amines) is 1. The van der Waals surface area contributed by atoms with E-state index in [0.717, 1.165) is 23.3 Å². The molecule has 0 spiro atoms.